The first-order valence-electron chi connectivity index (χ1n) is 19.6. The Morgan fingerprint density at radius 2 is 0.867 bits per heavy atom. The van der Waals surface area contributed by atoms with Gasteiger partial charge in [-0.1, -0.05) is 127 Å². The summed E-state index contributed by atoms with van der Waals surface area (Å²) in [6.07, 6.45) is 0. The van der Waals surface area contributed by atoms with Crippen molar-refractivity contribution >= 4 is 49.3 Å². The van der Waals surface area contributed by atoms with Gasteiger partial charge in [0, 0.05) is 43.9 Å². The summed E-state index contributed by atoms with van der Waals surface area (Å²) in [5.41, 5.74) is 10.8. The van der Waals surface area contributed by atoms with Gasteiger partial charge in [-0.3, -0.25) is 0 Å². The number of rotatable bonds is 6. The zero-order chi connectivity index (χ0) is 40.2. The molecule has 11 rings (SSSR count). The number of hydrogen-bond donors (Lipinski definition) is 0. The van der Waals surface area contributed by atoms with Crippen molar-refractivity contribution in [2.75, 3.05) is 0 Å². The molecule has 11 aromatic rings. The van der Waals surface area contributed by atoms with Gasteiger partial charge in [-0.2, -0.15) is 5.26 Å². The van der Waals surface area contributed by atoms with E-state index in [9.17, 15) is 5.26 Å². The molecule has 278 valence electrons. The van der Waals surface area contributed by atoms with Gasteiger partial charge in [-0.15, -0.1) is 0 Å². The number of benzene rings is 8. The largest absolute Gasteiger partial charge is 0.318 e. The van der Waals surface area contributed by atoms with Crippen molar-refractivity contribution in [3.8, 4) is 62.7 Å². The molecule has 0 spiro atoms. The van der Waals surface area contributed by atoms with Gasteiger partial charge >= 0.3 is 0 Å². The van der Waals surface area contributed by atoms with Gasteiger partial charge < -0.3 is 9.13 Å². The Bertz CT molecular complexity index is 3460. The average Bonchev–Trinajstić information content (AvgIpc) is 3.83. The van der Waals surface area contributed by atoms with E-state index in [1.54, 1.807) is 12.1 Å². The van der Waals surface area contributed by atoms with E-state index in [1.165, 1.54) is 10.8 Å². The maximum atomic E-state index is 10.8. The van der Waals surface area contributed by atoms with Crippen molar-refractivity contribution in [3.63, 3.8) is 0 Å². The van der Waals surface area contributed by atoms with Gasteiger partial charge in [0.1, 0.15) is 0 Å². The Kier molecular flexibility index (Phi) is 8.11. The summed E-state index contributed by atoms with van der Waals surface area (Å²) < 4.78 is 4.38. The SMILES string of the molecule is [C-]#[N+]c1cc(-c2nc(-c3ccccc3)nc(-c3ccccc3)n2)cc(C#N)c1-n1c2ccccc2c2cc(-c3ccc4c(c3)c3ccccc3n4-c3ccccc3)ccc21. The monoisotopic (exact) mass is 765 g/mol. The van der Waals surface area contributed by atoms with Gasteiger partial charge in [-0.25, -0.2) is 19.8 Å². The van der Waals surface area contributed by atoms with E-state index in [0.29, 0.717) is 40.0 Å². The lowest BCUT2D eigenvalue weighted by Gasteiger charge is -2.15. The summed E-state index contributed by atoms with van der Waals surface area (Å²) in [5, 5.41) is 15.3. The molecule has 7 nitrogen and oxygen atoms in total. The van der Waals surface area contributed by atoms with Crippen molar-refractivity contribution in [1.29, 1.82) is 5.26 Å². The second-order valence-electron chi connectivity index (χ2n) is 14.7. The Balaban J connectivity index is 1.07. The van der Waals surface area contributed by atoms with Crippen molar-refractivity contribution in [2.24, 2.45) is 0 Å². The number of nitrogens with zero attached hydrogens (tertiary/aromatic N) is 7. The molecule has 0 amide bonds. The fourth-order valence-corrected chi connectivity index (χ4v) is 8.49. The molecule has 0 atom stereocenters. The molecule has 7 heteroatoms. The molecule has 8 aromatic carbocycles. The molecule has 3 heterocycles. The molecule has 3 aromatic heterocycles. The lowest BCUT2D eigenvalue weighted by atomic mass is 10.0. The first kappa shape index (κ1) is 34.6. The van der Waals surface area contributed by atoms with E-state index in [1.807, 2.05) is 84.9 Å². The first-order valence-corrected chi connectivity index (χ1v) is 19.6. The van der Waals surface area contributed by atoms with Gasteiger partial charge in [0.15, 0.2) is 17.5 Å². The molecule has 0 N–H and O–H groups in total. The van der Waals surface area contributed by atoms with E-state index in [2.05, 4.69) is 111 Å². The van der Waals surface area contributed by atoms with Crippen LogP contribution in [0.4, 0.5) is 5.69 Å². The second kappa shape index (κ2) is 14.1. The zero-order valence-corrected chi connectivity index (χ0v) is 32.0. The Labute approximate surface area is 345 Å². The Hall–Kier alpha value is -8.65. The minimum atomic E-state index is 0.318. The van der Waals surface area contributed by atoms with Crippen molar-refractivity contribution in [2.45, 2.75) is 0 Å². The molecular weight excluding hydrogens is 735 g/mol. The van der Waals surface area contributed by atoms with E-state index in [0.717, 1.165) is 60.8 Å². The van der Waals surface area contributed by atoms with Crippen LogP contribution in [0.5, 0.6) is 0 Å². The highest BCUT2D eigenvalue weighted by Crippen LogP contribution is 2.42. The molecule has 0 radical (unpaired) electrons. The lowest BCUT2D eigenvalue weighted by molar-refractivity contribution is 1.07. The molecule has 0 unspecified atom stereocenters. The molecule has 0 aliphatic rings. The van der Waals surface area contributed by atoms with Crippen LogP contribution in [0.15, 0.2) is 188 Å². The second-order valence-corrected chi connectivity index (χ2v) is 14.7. The lowest BCUT2D eigenvalue weighted by Crippen LogP contribution is -2.02. The van der Waals surface area contributed by atoms with E-state index < -0.39 is 0 Å². The van der Waals surface area contributed by atoms with Crippen molar-refractivity contribution < 1.29 is 0 Å². The van der Waals surface area contributed by atoms with Crippen LogP contribution in [0.2, 0.25) is 0 Å². The van der Waals surface area contributed by atoms with Gasteiger partial charge in [-0.05, 0) is 71.8 Å². The number of hydrogen-bond acceptors (Lipinski definition) is 4. The Morgan fingerprint density at radius 3 is 1.40 bits per heavy atom. The van der Waals surface area contributed by atoms with Crippen LogP contribution in [0.25, 0.3) is 105 Å². The molecule has 0 aliphatic heterocycles. The maximum Gasteiger partial charge on any atom is 0.212 e. The van der Waals surface area contributed by atoms with Gasteiger partial charge in [0.05, 0.1) is 46.0 Å². The summed E-state index contributed by atoms with van der Waals surface area (Å²) in [6, 6.07) is 65.9. The van der Waals surface area contributed by atoms with Crippen LogP contribution in [0, 0.1) is 17.9 Å². The summed E-state index contributed by atoms with van der Waals surface area (Å²) >= 11 is 0. The smallest absolute Gasteiger partial charge is 0.212 e. The predicted molar refractivity (Wildman–Crippen MR) is 241 cm³/mol. The third kappa shape index (κ3) is 5.61. The van der Waals surface area contributed by atoms with E-state index >= 15 is 0 Å². The Morgan fingerprint density at radius 1 is 0.417 bits per heavy atom. The summed E-state index contributed by atoms with van der Waals surface area (Å²) in [6.45, 7) is 8.46. The standard InChI is InChI=1S/C53H31N7/c1-55-45-32-38(53-57-51(34-15-5-2-6-16-34)56-52(58-53)35-17-7-3-8-18-35)29-39(33-54)50(45)60-47-24-14-12-22-42(47)44-31-37(26-28-49(44)60)36-25-27-48-43(30-36)41-21-11-13-23-46(41)59(48)40-19-9-4-10-20-40/h2-32H. The number of fused-ring (bicyclic) bond motifs is 6. The molecule has 60 heavy (non-hydrogen) atoms. The zero-order valence-electron chi connectivity index (χ0n) is 32.0. The highest BCUT2D eigenvalue weighted by molar-refractivity contribution is 6.13. The minimum absolute atomic E-state index is 0.318. The van der Waals surface area contributed by atoms with Gasteiger partial charge in [0.2, 0.25) is 5.69 Å². The van der Waals surface area contributed by atoms with E-state index in [4.69, 9.17) is 21.5 Å². The summed E-state index contributed by atoms with van der Waals surface area (Å²) in [7, 11) is 0. The van der Waals surface area contributed by atoms with Crippen LogP contribution < -0.4 is 0 Å². The highest BCUT2D eigenvalue weighted by Gasteiger charge is 2.22. The third-order valence-electron chi connectivity index (χ3n) is 11.2. The fourth-order valence-electron chi connectivity index (χ4n) is 8.49. The first-order chi connectivity index (χ1) is 29.7. The molecule has 0 bridgehead atoms. The third-order valence-corrected chi connectivity index (χ3v) is 11.2. The van der Waals surface area contributed by atoms with Crippen molar-refractivity contribution in [1.82, 2.24) is 24.1 Å². The minimum Gasteiger partial charge on any atom is -0.318 e. The number of para-hydroxylation sites is 3. The topological polar surface area (TPSA) is 76.7 Å². The van der Waals surface area contributed by atoms with Crippen LogP contribution in [-0.2, 0) is 0 Å². The van der Waals surface area contributed by atoms with Crippen LogP contribution in [0.3, 0.4) is 0 Å². The quantitative estimate of drug-likeness (QED) is 0.158. The van der Waals surface area contributed by atoms with E-state index in [-0.39, 0.29) is 0 Å². The normalized spacial score (nSPS) is 11.3. The number of aromatic nitrogens is 5. The molecule has 0 fully saturated rings. The molecule has 0 saturated carbocycles. The highest BCUT2D eigenvalue weighted by atomic mass is 15.0. The van der Waals surface area contributed by atoms with Crippen LogP contribution in [0.1, 0.15) is 5.56 Å². The molecule has 0 aliphatic carbocycles. The fraction of sp³-hybridized carbons (Fsp3) is 0. The molecule has 0 saturated heterocycles. The number of nitriles is 1. The van der Waals surface area contributed by atoms with Gasteiger partial charge in [0.25, 0.3) is 0 Å². The average molecular weight is 766 g/mol. The predicted octanol–water partition coefficient (Wildman–Crippen LogP) is 13.2. The van der Waals surface area contributed by atoms with Crippen LogP contribution in [-0.4, -0.2) is 24.1 Å². The summed E-state index contributed by atoms with van der Waals surface area (Å²) in [4.78, 5) is 18.7. The van der Waals surface area contributed by atoms with Crippen molar-refractivity contribution in [3.05, 3.63) is 205 Å². The van der Waals surface area contributed by atoms with Crippen LogP contribution >= 0.6 is 0 Å². The summed E-state index contributed by atoms with van der Waals surface area (Å²) in [5.74, 6) is 1.39. The molecular formula is C53H31N7. The maximum absolute atomic E-state index is 10.8.